The Balaban J connectivity index is 2.95. The number of benzene rings is 1. The molecule has 0 aliphatic rings. The summed E-state index contributed by atoms with van der Waals surface area (Å²) >= 11 is 0. The molecule has 0 unspecified atom stereocenters. The third-order valence-corrected chi connectivity index (χ3v) is 1.64. The Kier molecular flexibility index (Phi) is 3.33. The minimum Gasteiger partial charge on any atom is -0.352 e. The van der Waals surface area contributed by atoms with E-state index in [1.807, 2.05) is 0 Å². The van der Waals surface area contributed by atoms with Gasteiger partial charge < -0.3 is 9.47 Å². The summed E-state index contributed by atoms with van der Waals surface area (Å²) in [4.78, 5) is 0. The van der Waals surface area contributed by atoms with E-state index in [1.54, 1.807) is 0 Å². The summed E-state index contributed by atoms with van der Waals surface area (Å²) in [6.45, 7) is 0. The third kappa shape index (κ3) is 2.23. The lowest BCUT2D eigenvalue weighted by Crippen LogP contribution is -2.04. The molecule has 0 atom stereocenters. The van der Waals surface area contributed by atoms with E-state index < -0.39 is 17.9 Å². The Hall–Kier alpha value is -1.00. The van der Waals surface area contributed by atoms with Gasteiger partial charge in [0, 0.05) is 19.8 Å². The van der Waals surface area contributed by atoms with Gasteiger partial charge in [-0.05, 0) is 12.1 Å². The first-order valence-corrected chi connectivity index (χ1v) is 3.69. The highest BCUT2D eigenvalue weighted by Gasteiger charge is 2.11. The Morgan fingerprint density at radius 3 is 2.15 bits per heavy atom. The first kappa shape index (κ1) is 10.1. The van der Waals surface area contributed by atoms with Crippen LogP contribution in [0.3, 0.4) is 0 Å². The van der Waals surface area contributed by atoms with Gasteiger partial charge in [0.2, 0.25) is 0 Å². The quantitative estimate of drug-likeness (QED) is 0.677. The van der Waals surface area contributed by atoms with Gasteiger partial charge in [-0.15, -0.1) is 0 Å². The Morgan fingerprint density at radius 1 is 1.08 bits per heavy atom. The largest absolute Gasteiger partial charge is 0.352 e. The summed E-state index contributed by atoms with van der Waals surface area (Å²) in [6, 6.07) is 3.50. The van der Waals surface area contributed by atoms with E-state index in [0.29, 0.717) is 5.56 Å². The van der Waals surface area contributed by atoms with E-state index in [9.17, 15) is 8.78 Å². The molecule has 1 aromatic carbocycles. The zero-order valence-electron chi connectivity index (χ0n) is 7.38. The number of hydrogen-bond acceptors (Lipinski definition) is 2. The molecular weight excluding hydrogens is 178 g/mol. The third-order valence-electron chi connectivity index (χ3n) is 1.64. The first-order chi connectivity index (χ1) is 6.19. The fraction of sp³-hybridized carbons (Fsp3) is 0.333. The van der Waals surface area contributed by atoms with E-state index in [-0.39, 0.29) is 0 Å². The highest BCUT2D eigenvalue weighted by Crippen LogP contribution is 2.19. The molecule has 0 fully saturated rings. The van der Waals surface area contributed by atoms with E-state index in [1.165, 1.54) is 20.3 Å². The molecule has 0 bridgehead atoms. The molecule has 1 aromatic rings. The molecule has 1 rings (SSSR count). The summed E-state index contributed by atoms with van der Waals surface area (Å²) in [5, 5.41) is 0. The molecule has 0 aliphatic carbocycles. The van der Waals surface area contributed by atoms with Crippen LogP contribution in [0.1, 0.15) is 11.9 Å². The standard InChI is InChI=1S/C9H10F2O2/c1-12-9(13-2)6-3-4-7(10)8(11)5-6/h3-5,9H,1-2H3. The van der Waals surface area contributed by atoms with Gasteiger partial charge in [-0.3, -0.25) is 0 Å². The molecule has 0 N–H and O–H groups in total. The average molecular weight is 188 g/mol. The highest BCUT2D eigenvalue weighted by atomic mass is 19.2. The van der Waals surface area contributed by atoms with Crippen LogP contribution in [0.25, 0.3) is 0 Å². The molecule has 72 valence electrons. The number of hydrogen-bond donors (Lipinski definition) is 0. The van der Waals surface area contributed by atoms with Crippen molar-refractivity contribution in [3.8, 4) is 0 Å². The smallest absolute Gasteiger partial charge is 0.183 e. The van der Waals surface area contributed by atoms with Crippen molar-refractivity contribution in [1.29, 1.82) is 0 Å². The second-order valence-corrected chi connectivity index (χ2v) is 2.48. The molecule has 0 spiro atoms. The van der Waals surface area contributed by atoms with Crippen LogP contribution < -0.4 is 0 Å². The van der Waals surface area contributed by atoms with Gasteiger partial charge in [-0.25, -0.2) is 8.78 Å². The minimum atomic E-state index is -0.906. The number of rotatable bonds is 3. The zero-order chi connectivity index (χ0) is 9.84. The van der Waals surface area contributed by atoms with E-state index >= 15 is 0 Å². The molecule has 0 saturated carbocycles. The lowest BCUT2D eigenvalue weighted by molar-refractivity contribution is -0.106. The predicted molar refractivity (Wildman–Crippen MR) is 43.1 cm³/mol. The van der Waals surface area contributed by atoms with E-state index in [0.717, 1.165) is 12.1 Å². The predicted octanol–water partition coefficient (Wildman–Crippen LogP) is 2.26. The summed E-state index contributed by atoms with van der Waals surface area (Å²) in [7, 11) is 2.85. The summed E-state index contributed by atoms with van der Waals surface area (Å²) in [5.74, 6) is -1.79. The van der Waals surface area contributed by atoms with Crippen LogP contribution in [0.5, 0.6) is 0 Å². The lowest BCUT2D eigenvalue weighted by atomic mass is 10.2. The van der Waals surface area contributed by atoms with Crippen LogP contribution >= 0.6 is 0 Å². The molecule has 0 aliphatic heterocycles. The fourth-order valence-electron chi connectivity index (χ4n) is 1.03. The van der Waals surface area contributed by atoms with Gasteiger partial charge in [-0.1, -0.05) is 6.07 Å². The molecule has 13 heavy (non-hydrogen) atoms. The van der Waals surface area contributed by atoms with Gasteiger partial charge in [0.05, 0.1) is 0 Å². The summed E-state index contributed by atoms with van der Waals surface area (Å²) < 4.78 is 35.0. The minimum absolute atomic E-state index is 0.448. The molecular formula is C9H10F2O2. The number of methoxy groups -OCH3 is 2. The lowest BCUT2D eigenvalue weighted by Gasteiger charge is -2.13. The second kappa shape index (κ2) is 4.30. The monoisotopic (exact) mass is 188 g/mol. The van der Waals surface area contributed by atoms with Gasteiger partial charge >= 0.3 is 0 Å². The van der Waals surface area contributed by atoms with Crippen molar-refractivity contribution >= 4 is 0 Å². The second-order valence-electron chi connectivity index (χ2n) is 2.48. The molecule has 0 heterocycles. The Labute approximate surface area is 75.1 Å². The maximum absolute atomic E-state index is 12.7. The van der Waals surface area contributed by atoms with Crippen LogP contribution in [-0.2, 0) is 9.47 Å². The first-order valence-electron chi connectivity index (χ1n) is 3.69. The van der Waals surface area contributed by atoms with Crippen LogP contribution in [-0.4, -0.2) is 14.2 Å². The van der Waals surface area contributed by atoms with Gasteiger partial charge in [-0.2, -0.15) is 0 Å². The van der Waals surface area contributed by atoms with Crippen LogP contribution in [0.2, 0.25) is 0 Å². The maximum atomic E-state index is 12.7. The molecule has 0 aromatic heterocycles. The SMILES string of the molecule is COC(OC)c1ccc(F)c(F)c1. The summed E-state index contributed by atoms with van der Waals surface area (Å²) in [5.41, 5.74) is 0.448. The molecule has 0 radical (unpaired) electrons. The van der Waals surface area contributed by atoms with Crippen LogP contribution in [0.4, 0.5) is 8.78 Å². The number of ether oxygens (including phenoxy) is 2. The van der Waals surface area contributed by atoms with Crippen molar-refractivity contribution in [2.24, 2.45) is 0 Å². The normalized spacial score (nSPS) is 10.8. The van der Waals surface area contributed by atoms with Crippen molar-refractivity contribution in [3.05, 3.63) is 35.4 Å². The molecule has 2 nitrogen and oxygen atoms in total. The van der Waals surface area contributed by atoms with Gasteiger partial charge in [0.15, 0.2) is 17.9 Å². The number of halogens is 2. The van der Waals surface area contributed by atoms with Gasteiger partial charge in [0.1, 0.15) is 0 Å². The summed E-state index contributed by atoms with van der Waals surface area (Å²) in [6.07, 6.45) is -0.657. The maximum Gasteiger partial charge on any atom is 0.183 e. The van der Waals surface area contributed by atoms with Gasteiger partial charge in [0.25, 0.3) is 0 Å². The Morgan fingerprint density at radius 2 is 1.69 bits per heavy atom. The van der Waals surface area contributed by atoms with Crippen LogP contribution in [0.15, 0.2) is 18.2 Å². The zero-order valence-corrected chi connectivity index (χ0v) is 7.38. The fourth-order valence-corrected chi connectivity index (χ4v) is 1.03. The van der Waals surface area contributed by atoms with Crippen LogP contribution in [0, 0.1) is 11.6 Å². The van der Waals surface area contributed by atoms with Crippen molar-refractivity contribution < 1.29 is 18.3 Å². The molecule has 0 saturated heterocycles. The Bertz CT molecular complexity index is 285. The van der Waals surface area contributed by atoms with E-state index in [4.69, 9.17) is 9.47 Å². The van der Waals surface area contributed by atoms with Crippen molar-refractivity contribution in [2.45, 2.75) is 6.29 Å². The van der Waals surface area contributed by atoms with E-state index in [2.05, 4.69) is 0 Å². The van der Waals surface area contributed by atoms with Crippen molar-refractivity contribution in [3.63, 3.8) is 0 Å². The van der Waals surface area contributed by atoms with Crippen molar-refractivity contribution in [1.82, 2.24) is 0 Å². The van der Waals surface area contributed by atoms with Crippen molar-refractivity contribution in [2.75, 3.05) is 14.2 Å². The molecule has 0 amide bonds. The highest BCUT2D eigenvalue weighted by molar-refractivity contribution is 5.18. The average Bonchev–Trinajstić information content (AvgIpc) is 2.13. The molecule has 4 heteroatoms. The topological polar surface area (TPSA) is 18.5 Å².